The zero-order chi connectivity index (χ0) is 15.0. The van der Waals surface area contributed by atoms with E-state index in [-0.39, 0.29) is 16.8 Å². The summed E-state index contributed by atoms with van der Waals surface area (Å²) in [6, 6.07) is 0.387. The molecule has 0 saturated heterocycles. The molecular formula is C14H12F3NO2. The van der Waals surface area contributed by atoms with Crippen LogP contribution in [0.15, 0.2) is 23.1 Å². The number of pyridine rings is 1. The van der Waals surface area contributed by atoms with Crippen LogP contribution >= 0.6 is 0 Å². The average Bonchev–Trinajstić information content (AvgIpc) is 2.38. The molecule has 0 saturated carbocycles. The van der Waals surface area contributed by atoms with E-state index in [1.165, 1.54) is 19.3 Å². The van der Waals surface area contributed by atoms with Crippen molar-refractivity contribution in [3.63, 3.8) is 0 Å². The van der Waals surface area contributed by atoms with Crippen molar-refractivity contribution < 1.29 is 18.3 Å². The van der Waals surface area contributed by atoms with Crippen LogP contribution in [0.5, 0.6) is 0 Å². The van der Waals surface area contributed by atoms with Crippen molar-refractivity contribution in [2.24, 2.45) is 7.05 Å². The molecule has 0 atom stereocenters. The second-order valence-electron chi connectivity index (χ2n) is 4.36. The number of halogens is 3. The van der Waals surface area contributed by atoms with Crippen LogP contribution < -0.4 is 5.43 Å². The Balaban J connectivity index is 3.00. The van der Waals surface area contributed by atoms with Gasteiger partial charge in [0.2, 0.25) is 5.43 Å². The molecule has 0 aliphatic heterocycles. The molecule has 1 aromatic heterocycles. The monoisotopic (exact) mass is 283 g/mol. The number of hydrogen-bond donors (Lipinski definition) is 1. The molecule has 1 heterocycles. The van der Waals surface area contributed by atoms with E-state index in [4.69, 9.17) is 0 Å². The van der Waals surface area contributed by atoms with Crippen molar-refractivity contribution >= 4 is 16.7 Å². The van der Waals surface area contributed by atoms with Gasteiger partial charge in [-0.1, -0.05) is 6.92 Å². The van der Waals surface area contributed by atoms with E-state index >= 15 is 0 Å². The van der Waals surface area contributed by atoms with E-state index < -0.39 is 28.3 Å². The Morgan fingerprint density at radius 1 is 1.35 bits per heavy atom. The van der Waals surface area contributed by atoms with Gasteiger partial charge >= 0.3 is 0 Å². The highest BCUT2D eigenvalue weighted by Crippen LogP contribution is 2.22. The third-order valence-corrected chi connectivity index (χ3v) is 2.97. The summed E-state index contributed by atoms with van der Waals surface area (Å²) < 4.78 is 41.9. The van der Waals surface area contributed by atoms with Crippen LogP contribution in [0, 0.1) is 17.5 Å². The SMILES string of the molecule is CC/C=C(/O)c1cn(C)c2c(F)cc(F)c(F)c2c1=O. The lowest BCUT2D eigenvalue weighted by molar-refractivity contribution is 0.500. The molecule has 0 aliphatic rings. The van der Waals surface area contributed by atoms with Crippen molar-refractivity contribution in [3.05, 3.63) is 51.6 Å². The Morgan fingerprint density at radius 3 is 2.60 bits per heavy atom. The number of fused-ring (bicyclic) bond motifs is 1. The topological polar surface area (TPSA) is 42.2 Å². The lowest BCUT2D eigenvalue weighted by atomic mass is 10.1. The number of aliphatic hydroxyl groups excluding tert-OH is 1. The van der Waals surface area contributed by atoms with Gasteiger partial charge in [-0.25, -0.2) is 13.2 Å². The standard InChI is InChI=1S/C14H12F3NO2/c1-3-4-10(19)7-6-18(2)13-9(16)5-8(15)12(17)11(13)14(7)20/h4-6,19H,3H2,1-2H3/b10-4+. The van der Waals surface area contributed by atoms with Gasteiger partial charge in [-0.15, -0.1) is 0 Å². The van der Waals surface area contributed by atoms with Gasteiger partial charge in [0.15, 0.2) is 17.5 Å². The van der Waals surface area contributed by atoms with Gasteiger partial charge in [0.1, 0.15) is 5.76 Å². The van der Waals surface area contributed by atoms with E-state index in [1.807, 2.05) is 0 Å². The highest BCUT2D eigenvalue weighted by atomic mass is 19.2. The first-order valence-electron chi connectivity index (χ1n) is 5.94. The second kappa shape index (κ2) is 5.03. The van der Waals surface area contributed by atoms with Gasteiger partial charge in [-0.05, 0) is 12.5 Å². The smallest absolute Gasteiger partial charge is 0.203 e. The molecule has 0 fully saturated rings. The van der Waals surface area contributed by atoms with Gasteiger partial charge in [0.05, 0.1) is 16.5 Å². The maximum absolute atomic E-state index is 13.8. The summed E-state index contributed by atoms with van der Waals surface area (Å²) in [6.45, 7) is 1.74. The molecule has 20 heavy (non-hydrogen) atoms. The van der Waals surface area contributed by atoms with Crippen molar-refractivity contribution in [2.75, 3.05) is 0 Å². The fraction of sp³-hybridized carbons (Fsp3) is 0.214. The number of nitrogens with zero attached hydrogens (tertiary/aromatic N) is 1. The van der Waals surface area contributed by atoms with Gasteiger partial charge in [0.25, 0.3) is 0 Å². The lowest BCUT2D eigenvalue weighted by Crippen LogP contribution is -2.16. The quantitative estimate of drug-likeness (QED) is 0.679. The van der Waals surface area contributed by atoms with Crippen LogP contribution in [-0.4, -0.2) is 9.67 Å². The molecule has 106 valence electrons. The zero-order valence-corrected chi connectivity index (χ0v) is 10.9. The van der Waals surface area contributed by atoms with E-state index in [0.717, 1.165) is 4.57 Å². The number of hydrogen-bond acceptors (Lipinski definition) is 2. The van der Waals surface area contributed by atoms with E-state index in [0.29, 0.717) is 12.5 Å². The summed E-state index contributed by atoms with van der Waals surface area (Å²) in [5.41, 5.74) is -1.50. The molecule has 0 radical (unpaired) electrons. The number of aliphatic hydroxyl groups is 1. The zero-order valence-electron chi connectivity index (χ0n) is 10.9. The molecular weight excluding hydrogens is 271 g/mol. The minimum Gasteiger partial charge on any atom is -0.507 e. The first-order valence-corrected chi connectivity index (χ1v) is 5.94. The predicted molar refractivity (Wildman–Crippen MR) is 70.0 cm³/mol. The van der Waals surface area contributed by atoms with Gasteiger partial charge < -0.3 is 9.67 Å². The van der Waals surface area contributed by atoms with Gasteiger partial charge in [-0.3, -0.25) is 4.79 Å². The average molecular weight is 283 g/mol. The van der Waals surface area contributed by atoms with Crippen molar-refractivity contribution in [1.82, 2.24) is 4.57 Å². The number of benzene rings is 1. The van der Waals surface area contributed by atoms with Gasteiger partial charge in [0, 0.05) is 19.3 Å². The summed E-state index contributed by atoms with van der Waals surface area (Å²) in [5.74, 6) is -4.25. The number of aromatic nitrogens is 1. The summed E-state index contributed by atoms with van der Waals surface area (Å²) in [7, 11) is 1.38. The molecule has 0 unspecified atom stereocenters. The first-order chi connectivity index (χ1) is 9.38. The summed E-state index contributed by atoms with van der Waals surface area (Å²) >= 11 is 0. The van der Waals surface area contributed by atoms with E-state index in [1.54, 1.807) is 6.92 Å². The molecule has 6 heteroatoms. The first kappa shape index (κ1) is 14.2. The van der Waals surface area contributed by atoms with Crippen molar-refractivity contribution in [2.45, 2.75) is 13.3 Å². The normalized spacial score (nSPS) is 12.2. The number of rotatable bonds is 2. The molecule has 0 spiro atoms. The lowest BCUT2D eigenvalue weighted by Gasteiger charge is -2.10. The molecule has 1 N–H and O–H groups in total. The predicted octanol–water partition coefficient (Wildman–Crippen LogP) is 3.26. The van der Waals surface area contributed by atoms with Crippen molar-refractivity contribution in [1.29, 1.82) is 0 Å². The highest BCUT2D eigenvalue weighted by Gasteiger charge is 2.20. The Bertz CT molecular complexity index is 778. The Labute approximate surface area is 112 Å². The molecule has 0 aliphatic carbocycles. The molecule has 0 bridgehead atoms. The van der Waals surface area contributed by atoms with E-state index in [2.05, 4.69) is 0 Å². The molecule has 2 aromatic rings. The number of aryl methyl sites for hydroxylation is 1. The highest BCUT2D eigenvalue weighted by molar-refractivity contribution is 5.83. The number of allylic oxidation sites excluding steroid dienone is 1. The third kappa shape index (κ3) is 2.07. The van der Waals surface area contributed by atoms with E-state index in [9.17, 15) is 23.1 Å². The second-order valence-corrected chi connectivity index (χ2v) is 4.36. The molecule has 0 amide bonds. The minimum atomic E-state index is -1.44. The van der Waals surface area contributed by atoms with Crippen LogP contribution in [0.3, 0.4) is 0 Å². The third-order valence-electron chi connectivity index (χ3n) is 2.97. The Morgan fingerprint density at radius 2 is 2.00 bits per heavy atom. The summed E-state index contributed by atoms with van der Waals surface area (Å²) in [4.78, 5) is 12.1. The van der Waals surface area contributed by atoms with Crippen LogP contribution in [0.25, 0.3) is 16.7 Å². The molecule has 1 aromatic carbocycles. The minimum absolute atomic E-state index is 0.203. The fourth-order valence-corrected chi connectivity index (χ4v) is 2.08. The van der Waals surface area contributed by atoms with Crippen LogP contribution in [0.1, 0.15) is 18.9 Å². The maximum atomic E-state index is 13.8. The Kier molecular flexibility index (Phi) is 3.57. The fourth-order valence-electron chi connectivity index (χ4n) is 2.08. The summed E-state index contributed by atoms with van der Waals surface area (Å²) in [6.07, 6.45) is 3.00. The summed E-state index contributed by atoms with van der Waals surface area (Å²) in [5, 5.41) is 9.04. The molecule has 2 rings (SSSR count). The maximum Gasteiger partial charge on any atom is 0.203 e. The van der Waals surface area contributed by atoms with Crippen molar-refractivity contribution in [3.8, 4) is 0 Å². The Hall–Kier alpha value is -2.24. The van der Waals surface area contributed by atoms with Gasteiger partial charge in [-0.2, -0.15) is 0 Å². The molecule has 3 nitrogen and oxygen atoms in total. The van der Waals surface area contributed by atoms with Crippen LogP contribution in [0.4, 0.5) is 13.2 Å². The van der Waals surface area contributed by atoms with Crippen LogP contribution in [-0.2, 0) is 7.05 Å². The largest absolute Gasteiger partial charge is 0.507 e. The van der Waals surface area contributed by atoms with Crippen LogP contribution in [0.2, 0.25) is 0 Å².